The number of nitrogens with zero attached hydrogens (tertiary/aromatic N) is 2. The van der Waals surface area contributed by atoms with Gasteiger partial charge < -0.3 is 24.6 Å². The molecule has 2 aromatic rings. The largest absolute Gasteiger partial charge is 0.491 e. The van der Waals surface area contributed by atoms with E-state index in [4.69, 9.17) is 14.2 Å². The number of fused-ring (bicyclic) bond motifs is 2. The zero-order valence-electron chi connectivity index (χ0n) is 17.7. The molecule has 0 saturated heterocycles. The first kappa shape index (κ1) is 22.0. The summed E-state index contributed by atoms with van der Waals surface area (Å²) in [4.78, 5) is 12.7. The van der Waals surface area contributed by atoms with Crippen molar-refractivity contribution in [2.45, 2.75) is 50.2 Å². The molecule has 1 fully saturated rings. The Hall–Kier alpha value is -2.79. The molecule has 3 aliphatic rings. The van der Waals surface area contributed by atoms with Crippen LogP contribution < -0.4 is 14.8 Å². The van der Waals surface area contributed by atoms with E-state index >= 15 is 0 Å². The number of aliphatic hydroxyl groups excluding tert-OH is 1. The van der Waals surface area contributed by atoms with Crippen LogP contribution in [0.3, 0.4) is 0 Å². The lowest BCUT2D eigenvalue weighted by Gasteiger charge is -2.31. The van der Waals surface area contributed by atoms with Crippen LogP contribution in [0.1, 0.15) is 47.0 Å². The first-order chi connectivity index (χ1) is 15.8. The average molecular weight is 467 g/mol. The summed E-state index contributed by atoms with van der Waals surface area (Å²) in [6.07, 6.45) is -2.90. The van der Waals surface area contributed by atoms with E-state index < -0.39 is 29.8 Å². The van der Waals surface area contributed by atoms with Crippen molar-refractivity contribution in [2.24, 2.45) is 5.92 Å². The van der Waals surface area contributed by atoms with Crippen LogP contribution in [0.2, 0.25) is 0 Å². The molecule has 1 aromatic heterocycles. The third kappa shape index (κ3) is 4.79. The smallest absolute Gasteiger partial charge is 0.416 e. The van der Waals surface area contributed by atoms with Crippen molar-refractivity contribution < 1.29 is 37.3 Å². The fourth-order valence-electron chi connectivity index (χ4n) is 3.97. The van der Waals surface area contributed by atoms with Crippen LogP contribution in [-0.2, 0) is 17.5 Å². The van der Waals surface area contributed by atoms with E-state index in [0.29, 0.717) is 31.4 Å². The number of aryl methyl sites for hydroxylation is 1. The molecule has 2 aliphatic heterocycles. The topological polar surface area (TPSA) is 94.8 Å². The molecule has 0 radical (unpaired) electrons. The molecule has 5 rings (SSSR count). The van der Waals surface area contributed by atoms with Crippen molar-refractivity contribution in [3.05, 3.63) is 41.1 Å². The molecule has 2 unspecified atom stereocenters. The van der Waals surface area contributed by atoms with Gasteiger partial charge in [0.2, 0.25) is 5.88 Å². The number of nitrogens with one attached hydrogen (secondary N) is 1. The molecule has 3 heterocycles. The normalized spacial score (nSPS) is 24.3. The van der Waals surface area contributed by atoms with E-state index in [1.165, 1.54) is 25.0 Å². The van der Waals surface area contributed by atoms with Crippen molar-refractivity contribution in [3.8, 4) is 11.6 Å². The Morgan fingerprint density at radius 2 is 2.06 bits per heavy atom. The molecule has 0 bridgehead atoms. The minimum Gasteiger partial charge on any atom is -0.491 e. The Labute approximate surface area is 187 Å². The van der Waals surface area contributed by atoms with Gasteiger partial charge in [0, 0.05) is 31.2 Å². The van der Waals surface area contributed by atoms with E-state index in [0.717, 1.165) is 18.7 Å². The third-order valence-corrected chi connectivity index (χ3v) is 6.05. The van der Waals surface area contributed by atoms with Crippen LogP contribution >= 0.6 is 0 Å². The number of amides is 1. The summed E-state index contributed by atoms with van der Waals surface area (Å²) < 4.78 is 57.7. The average Bonchev–Trinajstić information content (AvgIpc) is 3.50. The molecule has 178 valence electrons. The fraction of sp³-hybridized carbons (Fsp3) is 0.545. The number of alkyl halides is 3. The lowest BCUT2D eigenvalue weighted by Crippen LogP contribution is -2.45. The summed E-state index contributed by atoms with van der Waals surface area (Å²) in [6.45, 7) is 1.71. The van der Waals surface area contributed by atoms with Gasteiger partial charge in [-0.3, -0.25) is 4.79 Å². The number of carbonyl (C=O) groups is 1. The fourth-order valence-corrected chi connectivity index (χ4v) is 3.97. The molecule has 1 aromatic carbocycles. The standard InChI is InChI=1S/C22H24F3N3O5/c23-22(24,25)13-3-4-18-15(7-13)20(29)17(11-32-18)26-21(30)16-8-19-28(27-16)6-5-14(33-19)10-31-9-12-1-2-12/h3-4,7-8,12,14,17,20,29H,1-2,5-6,9-11H2,(H,26,30)/t14?,17-,20?/m0/s1. The van der Waals surface area contributed by atoms with Crippen molar-refractivity contribution in [1.82, 2.24) is 15.1 Å². The van der Waals surface area contributed by atoms with E-state index in [1.807, 2.05) is 0 Å². The number of rotatable bonds is 6. The minimum absolute atomic E-state index is 0.0251. The molecule has 1 aliphatic carbocycles. The van der Waals surface area contributed by atoms with Gasteiger partial charge in [0.25, 0.3) is 5.91 Å². The predicted molar refractivity (Wildman–Crippen MR) is 108 cm³/mol. The molecule has 11 heteroatoms. The number of hydrogen-bond acceptors (Lipinski definition) is 6. The van der Waals surface area contributed by atoms with Gasteiger partial charge >= 0.3 is 6.18 Å². The predicted octanol–water partition coefficient (Wildman–Crippen LogP) is 2.70. The minimum atomic E-state index is -4.55. The number of benzene rings is 1. The quantitative estimate of drug-likeness (QED) is 0.679. The number of hydrogen-bond donors (Lipinski definition) is 2. The highest BCUT2D eigenvalue weighted by molar-refractivity contribution is 5.92. The second kappa shape index (κ2) is 8.53. The highest BCUT2D eigenvalue weighted by atomic mass is 19.4. The first-order valence-electron chi connectivity index (χ1n) is 10.9. The van der Waals surface area contributed by atoms with Gasteiger partial charge in [-0.25, -0.2) is 4.68 Å². The SMILES string of the molecule is O=C(N[C@H]1COc2ccc(C(F)(F)F)cc2C1O)c1cc2n(n1)CCC(COCC1CC1)O2. The van der Waals surface area contributed by atoms with Crippen LogP contribution in [-0.4, -0.2) is 52.8 Å². The Kier molecular flexibility index (Phi) is 5.69. The monoisotopic (exact) mass is 467 g/mol. The lowest BCUT2D eigenvalue weighted by molar-refractivity contribution is -0.137. The summed E-state index contributed by atoms with van der Waals surface area (Å²) in [7, 11) is 0. The third-order valence-electron chi connectivity index (χ3n) is 6.05. The van der Waals surface area contributed by atoms with Gasteiger partial charge in [0.05, 0.1) is 18.2 Å². The second-order valence-corrected chi connectivity index (χ2v) is 8.69. The van der Waals surface area contributed by atoms with Gasteiger partial charge in [-0.1, -0.05) is 0 Å². The van der Waals surface area contributed by atoms with E-state index in [1.54, 1.807) is 4.68 Å². The summed E-state index contributed by atoms with van der Waals surface area (Å²) >= 11 is 0. The van der Waals surface area contributed by atoms with Crippen LogP contribution in [0.5, 0.6) is 11.6 Å². The summed E-state index contributed by atoms with van der Waals surface area (Å²) in [6, 6.07) is 3.48. The van der Waals surface area contributed by atoms with Crippen LogP contribution in [0.15, 0.2) is 24.3 Å². The molecular weight excluding hydrogens is 443 g/mol. The molecule has 3 atom stereocenters. The van der Waals surface area contributed by atoms with E-state index in [9.17, 15) is 23.1 Å². The van der Waals surface area contributed by atoms with Gasteiger partial charge in [0.15, 0.2) is 5.69 Å². The van der Waals surface area contributed by atoms with Crippen LogP contribution in [0.4, 0.5) is 13.2 Å². The van der Waals surface area contributed by atoms with Gasteiger partial charge in [-0.05, 0) is 37.0 Å². The highest BCUT2D eigenvalue weighted by Gasteiger charge is 2.36. The van der Waals surface area contributed by atoms with Gasteiger partial charge in [0.1, 0.15) is 24.6 Å². The van der Waals surface area contributed by atoms with Gasteiger partial charge in [-0.15, -0.1) is 0 Å². The zero-order chi connectivity index (χ0) is 23.2. The van der Waals surface area contributed by atoms with Crippen molar-refractivity contribution in [2.75, 3.05) is 19.8 Å². The Morgan fingerprint density at radius 3 is 2.82 bits per heavy atom. The van der Waals surface area contributed by atoms with E-state index in [-0.39, 0.29) is 29.7 Å². The maximum Gasteiger partial charge on any atom is 0.416 e. The Morgan fingerprint density at radius 1 is 1.24 bits per heavy atom. The second-order valence-electron chi connectivity index (χ2n) is 8.69. The van der Waals surface area contributed by atoms with E-state index in [2.05, 4.69) is 10.4 Å². The van der Waals surface area contributed by atoms with Crippen molar-refractivity contribution in [1.29, 1.82) is 0 Å². The molecular formula is C22H24F3N3O5. The Bertz CT molecular complexity index is 1040. The van der Waals surface area contributed by atoms with Crippen molar-refractivity contribution in [3.63, 3.8) is 0 Å². The molecule has 1 saturated carbocycles. The van der Waals surface area contributed by atoms with Crippen LogP contribution in [0, 0.1) is 5.92 Å². The first-order valence-corrected chi connectivity index (χ1v) is 10.9. The Balaban J connectivity index is 1.22. The summed E-state index contributed by atoms with van der Waals surface area (Å²) in [5.74, 6) is 0.694. The molecule has 33 heavy (non-hydrogen) atoms. The zero-order valence-corrected chi connectivity index (χ0v) is 17.7. The van der Waals surface area contributed by atoms with Gasteiger partial charge in [-0.2, -0.15) is 18.3 Å². The van der Waals surface area contributed by atoms with Crippen LogP contribution in [0.25, 0.3) is 0 Å². The summed E-state index contributed by atoms with van der Waals surface area (Å²) in [5.41, 5.74) is -0.833. The maximum atomic E-state index is 13.0. The maximum absolute atomic E-state index is 13.0. The number of aliphatic hydroxyl groups is 1. The molecule has 0 spiro atoms. The molecule has 8 nitrogen and oxygen atoms in total. The number of halogens is 3. The number of ether oxygens (including phenoxy) is 3. The van der Waals surface area contributed by atoms with Crippen molar-refractivity contribution >= 4 is 5.91 Å². The molecule has 2 N–H and O–H groups in total. The lowest BCUT2D eigenvalue weighted by atomic mass is 9.97. The number of carbonyl (C=O) groups excluding carboxylic acids is 1. The number of aromatic nitrogens is 2. The molecule has 1 amide bonds. The highest BCUT2D eigenvalue weighted by Crippen LogP contribution is 2.38. The summed E-state index contributed by atoms with van der Waals surface area (Å²) in [5, 5.41) is 17.5.